The van der Waals surface area contributed by atoms with E-state index in [9.17, 15) is 18.4 Å². The molecule has 4 fully saturated rings. The van der Waals surface area contributed by atoms with Gasteiger partial charge in [-0.25, -0.2) is 0 Å². The Hall–Kier alpha value is -2.17. The molecule has 0 bridgehead atoms. The van der Waals surface area contributed by atoms with E-state index < -0.39 is 10.6 Å². The summed E-state index contributed by atoms with van der Waals surface area (Å²) in [4.78, 5) is 25.9. The molecule has 11 heteroatoms. The van der Waals surface area contributed by atoms with Crippen molar-refractivity contribution >= 4 is 22.4 Å². The molecule has 1 aromatic rings. The van der Waals surface area contributed by atoms with Gasteiger partial charge in [0.05, 0.1) is 25.1 Å². The lowest BCUT2D eigenvalue weighted by Crippen LogP contribution is -2.55. The Labute approximate surface area is 244 Å². The maximum atomic E-state index is 13.1. The Bertz CT molecular complexity index is 1160. The molecule has 2 atom stereocenters. The molecule has 5 rings (SSSR count). The number of piperidine rings is 4. The van der Waals surface area contributed by atoms with Gasteiger partial charge in [-0.2, -0.15) is 4.55 Å². The number of carbonyl (C=O) groups is 2. The van der Waals surface area contributed by atoms with Crippen LogP contribution in [0.1, 0.15) is 68.4 Å². The number of hydrogen-bond donors (Lipinski definition) is 3. The normalized spacial score (nSPS) is 26.2. The van der Waals surface area contributed by atoms with E-state index in [1.165, 1.54) is 0 Å². The highest BCUT2D eigenvalue weighted by atomic mass is 32.3. The van der Waals surface area contributed by atoms with Crippen molar-refractivity contribution in [1.29, 1.82) is 0 Å². The molecule has 10 nitrogen and oxygen atoms in total. The van der Waals surface area contributed by atoms with Crippen LogP contribution in [-0.4, -0.2) is 94.4 Å². The van der Waals surface area contributed by atoms with Crippen LogP contribution in [-0.2, 0) is 29.1 Å². The van der Waals surface area contributed by atoms with Crippen molar-refractivity contribution in [2.45, 2.75) is 69.4 Å². The van der Waals surface area contributed by atoms with Gasteiger partial charge in [0.15, 0.2) is 0 Å². The standard InChI is InChI=1S/C30H43N5O5S/c31-26-11-19-35(20-12-26)41(38,39)34-17-9-24(10-18-34)22-33-15-13-27(14-16-33)40-21-1-2-23-3-5-25(6-4-23)28-7-8-29(36)32-30(28)37/h3-6,24,26-28H,7-22,31H2,(H-,32,36,37,38,39)/p+1. The molecule has 4 saturated heterocycles. The van der Waals surface area contributed by atoms with E-state index in [4.69, 9.17) is 10.5 Å². The van der Waals surface area contributed by atoms with E-state index >= 15 is 0 Å². The SMILES string of the molecule is NC1CCN([S+](=O)(O)N2CCC(CN3CCC(OCC#Cc4ccc(C5CCC(=O)NC5=O)cc4)CC3)CC2)CC1. The molecule has 41 heavy (non-hydrogen) atoms. The largest absolute Gasteiger partial charge is 0.375 e. The number of carbonyl (C=O) groups excluding carboxylic acids is 2. The van der Waals surface area contributed by atoms with E-state index in [1.807, 2.05) is 24.3 Å². The van der Waals surface area contributed by atoms with Gasteiger partial charge < -0.3 is 15.4 Å². The number of imide groups is 1. The predicted molar refractivity (Wildman–Crippen MR) is 158 cm³/mol. The third kappa shape index (κ3) is 8.02. The summed E-state index contributed by atoms with van der Waals surface area (Å²) in [6.07, 6.45) is 6.57. The lowest BCUT2D eigenvalue weighted by molar-refractivity contribution is -0.134. The summed E-state index contributed by atoms with van der Waals surface area (Å²) in [5, 5.41) is 2.41. The summed E-state index contributed by atoms with van der Waals surface area (Å²) in [5.74, 6) is 6.11. The van der Waals surface area contributed by atoms with Gasteiger partial charge >= 0.3 is 10.6 Å². The van der Waals surface area contributed by atoms with E-state index in [0.717, 1.165) is 69.3 Å². The fourth-order valence-corrected chi connectivity index (χ4v) is 8.04. The van der Waals surface area contributed by atoms with Crippen LogP contribution in [0.25, 0.3) is 0 Å². The maximum Gasteiger partial charge on any atom is 0.375 e. The van der Waals surface area contributed by atoms with Crippen LogP contribution < -0.4 is 11.1 Å². The lowest BCUT2D eigenvalue weighted by Gasteiger charge is -2.37. The minimum absolute atomic E-state index is 0.146. The molecular weight excluding hydrogens is 542 g/mol. The van der Waals surface area contributed by atoms with E-state index in [2.05, 4.69) is 22.1 Å². The van der Waals surface area contributed by atoms with Crippen LogP contribution in [0.2, 0.25) is 0 Å². The highest BCUT2D eigenvalue weighted by Crippen LogP contribution is 2.28. The average Bonchev–Trinajstić information content (AvgIpc) is 2.97. The lowest BCUT2D eigenvalue weighted by atomic mass is 9.90. The van der Waals surface area contributed by atoms with Gasteiger partial charge in [0, 0.05) is 50.7 Å². The van der Waals surface area contributed by atoms with Gasteiger partial charge in [0.25, 0.3) is 0 Å². The second kappa shape index (κ2) is 13.9. The molecule has 4 heterocycles. The molecule has 1 aromatic carbocycles. The third-order valence-electron chi connectivity index (χ3n) is 8.97. The van der Waals surface area contributed by atoms with Gasteiger partial charge in [-0.1, -0.05) is 32.6 Å². The zero-order chi connectivity index (χ0) is 28.8. The number of nitrogens with zero attached hydrogens (tertiary/aromatic N) is 3. The van der Waals surface area contributed by atoms with Crippen molar-refractivity contribution in [2.75, 3.05) is 52.4 Å². The number of nitrogens with two attached hydrogens (primary N) is 1. The predicted octanol–water partition coefficient (Wildman–Crippen LogP) is 1.98. The number of benzene rings is 1. The quantitative estimate of drug-likeness (QED) is 0.253. The monoisotopic (exact) mass is 586 g/mol. The molecule has 0 radical (unpaired) electrons. The summed E-state index contributed by atoms with van der Waals surface area (Å²) < 4.78 is 33.5. The van der Waals surface area contributed by atoms with Crippen LogP contribution >= 0.6 is 0 Å². The summed E-state index contributed by atoms with van der Waals surface area (Å²) in [6.45, 7) is 5.97. The molecule has 2 amide bonds. The van der Waals surface area contributed by atoms with E-state index in [-0.39, 0.29) is 29.9 Å². The topological polar surface area (TPSA) is 128 Å². The minimum atomic E-state index is -3.12. The van der Waals surface area contributed by atoms with Gasteiger partial charge in [0.2, 0.25) is 11.8 Å². The molecule has 4 N–H and O–H groups in total. The summed E-state index contributed by atoms with van der Waals surface area (Å²) in [5.41, 5.74) is 7.75. The Morgan fingerprint density at radius 3 is 2.20 bits per heavy atom. The Morgan fingerprint density at radius 2 is 1.56 bits per heavy atom. The molecule has 2 unspecified atom stereocenters. The van der Waals surface area contributed by atoms with E-state index in [1.54, 1.807) is 8.61 Å². The first kappa shape index (κ1) is 30.3. The highest BCUT2D eigenvalue weighted by Gasteiger charge is 2.46. The first-order chi connectivity index (χ1) is 19.8. The Morgan fingerprint density at radius 1 is 0.927 bits per heavy atom. The molecular formula is C30H44N5O5S+. The number of ether oxygens (including phenoxy) is 1. The Balaban J connectivity index is 0.976. The van der Waals surface area contributed by atoms with Crippen molar-refractivity contribution in [2.24, 2.45) is 11.7 Å². The first-order valence-corrected chi connectivity index (χ1v) is 16.5. The highest BCUT2D eigenvalue weighted by molar-refractivity contribution is 7.93. The number of hydrogen-bond acceptors (Lipinski definition) is 6. The summed E-state index contributed by atoms with van der Waals surface area (Å²) in [6, 6.07) is 7.80. The second-order valence-corrected chi connectivity index (χ2v) is 13.8. The Kier molecular flexibility index (Phi) is 10.2. The van der Waals surface area contributed by atoms with Crippen molar-refractivity contribution in [3.05, 3.63) is 35.4 Å². The molecule has 4 aliphatic rings. The van der Waals surface area contributed by atoms with Crippen molar-refractivity contribution in [3.63, 3.8) is 0 Å². The van der Waals surface area contributed by atoms with Crippen molar-refractivity contribution < 1.29 is 23.1 Å². The molecule has 0 aliphatic carbocycles. The fraction of sp³-hybridized carbons (Fsp3) is 0.667. The molecule has 0 aromatic heterocycles. The number of rotatable bonds is 7. The van der Waals surface area contributed by atoms with Crippen molar-refractivity contribution in [3.8, 4) is 11.8 Å². The van der Waals surface area contributed by atoms with Gasteiger partial charge in [-0.05, 0) is 72.8 Å². The number of likely N-dealkylation sites (tertiary alicyclic amines) is 1. The number of nitrogens with one attached hydrogen (secondary N) is 1. The zero-order valence-electron chi connectivity index (χ0n) is 23.8. The fourth-order valence-electron chi connectivity index (χ4n) is 6.34. The van der Waals surface area contributed by atoms with Crippen LogP contribution in [0.15, 0.2) is 24.3 Å². The number of amides is 2. The average molecular weight is 587 g/mol. The molecule has 224 valence electrons. The second-order valence-electron chi connectivity index (χ2n) is 11.8. The maximum absolute atomic E-state index is 13.1. The van der Waals surface area contributed by atoms with Crippen LogP contribution in [0.4, 0.5) is 0 Å². The zero-order valence-corrected chi connectivity index (χ0v) is 24.7. The van der Waals surface area contributed by atoms with Gasteiger partial charge in [-0.15, -0.1) is 0 Å². The van der Waals surface area contributed by atoms with Crippen LogP contribution in [0.5, 0.6) is 0 Å². The third-order valence-corrected chi connectivity index (χ3v) is 11.0. The molecule has 4 aliphatic heterocycles. The van der Waals surface area contributed by atoms with Crippen LogP contribution in [0.3, 0.4) is 0 Å². The summed E-state index contributed by atoms with van der Waals surface area (Å²) in [7, 11) is -3.12. The van der Waals surface area contributed by atoms with Gasteiger partial charge in [-0.3, -0.25) is 14.9 Å². The van der Waals surface area contributed by atoms with Crippen molar-refractivity contribution in [1.82, 2.24) is 18.8 Å². The first-order valence-electron chi connectivity index (χ1n) is 15.1. The van der Waals surface area contributed by atoms with E-state index in [0.29, 0.717) is 51.5 Å². The summed E-state index contributed by atoms with van der Waals surface area (Å²) >= 11 is 0. The minimum Gasteiger partial charge on any atom is -0.365 e. The molecule has 0 saturated carbocycles. The smallest absolute Gasteiger partial charge is 0.365 e. The van der Waals surface area contributed by atoms with Crippen LogP contribution in [0, 0.1) is 17.8 Å². The van der Waals surface area contributed by atoms with Gasteiger partial charge in [0.1, 0.15) is 6.61 Å². The molecule has 0 spiro atoms.